The number of rotatable bonds is 5. The molecule has 6 nitrogen and oxygen atoms in total. The second kappa shape index (κ2) is 7.99. The highest BCUT2D eigenvalue weighted by molar-refractivity contribution is 7.10. The predicted molar refractivity (Wildman–Crippen MR) is 96.4 cm³/mol. The van der Waals surface area contributed by atoms with E-state index in [2.05, 4.69) is 31.6 Å². The van der Waals surface area contributed by atoms with Crippen molar-refractivity contribution in [1.82, 2.24) is 10.9 Å². The Bertz CT molecular complexity index is 661. The van der Waals surface area contributed by atoms with Crippen molar-refractivity contribution < 1.29 is 19.5 Å². The highest BCUT2D eigenvalue weighted by Crippen LogP contribution is 2.40. The van der Waals surface area contributed by atoms with Crippen molar-refractivity contribution in [3.05, 3.63) is 21.4 Å². The first-order chi connectivity index (χ1) is 11.7. The first kappa shape index (κ1) is 19.4. The molecular weight excluding hydrogens is 340 g/mol. The van der Waals surface area contributed by atoms with Crippen molar-refractivity contribution in [3.63, 3.8) is 0 Å². The average Bonchev–Trinajstić information content (AvgIpc) is 2.94. The predicted octanol–water partition coefficient (Wildman–Crippen LogP) is 2.92. The van der Waals surface area contributed by atoms with Crippen LogP contribution in [0.25, 0.3) is 0 Å². The fourth-order valence-corrected chi connectivity index (χ4v) is 4.26. The van der Waals surface area contributed by atoms with Gasteiger partial charge in [0.2, 0.25) is 5.91 Å². The standard InChI is InChI=1S/C18H26N2O4S/c1-18(2,3)11-7-8-12-13(10-25-14(12)9-11)17(24)20-19-15(21)5-4-6-16(22)23/h10-11H,4-9H2,1-3H3,(H,19,21)(H,20,24)(H,22,23)/t11-/m1/s1. The lowest BCUT2D eigenvalue weighted by atomic mass is 9.72. The largest absolute Gasteiger partial charge is 0.481 e. The summed E-state index contributed by atoms with van der Waals surface area (Å²) >= 11 is 1.61. The topological polar surface area (TPSA) is 95.5 Å². The first-order valence-corrected chi connectivity index (χ1v) is 9.46. The van der Waals surface area contributed by atoms with E-state index in [-0.39, 0.29) is 36.5 Å². The van der Waals surface area contributed by atoms with Gasteiger partial charge in [-0.15, -0.1) is 11.3 Å². The molecule has 2 rings (SSSR count). The molecule has 7 heteroatoms. The van der Waals surface area contributed by atoms with E-state index in [1.54, 1.807) is 11.3 Å². The van der Waals surface area contributed by atoms with Gasteiger partial charge >= 0.3 is 5.97 Å². The molecule has 1 aromatic heterocycles. The van der Waals surface area contributed by atoms with Crippen LogP contribution in [0.15, 0.2) is 5.38 Å². The zero-order valence-corrected chi connectivity index (χ0v) is 15.8. The Hall–Kier alpha value is -1.89. The molecule has 0 aromatic carbocycles. The Morgan fingerprint density at radius 3 is 2.60 bits per heavy atom. The highest BCUT2D eigenvalue weighted by atomic mass is 32.1. The van der Waals surface area contributed by atoms with E-state index in [0.29, 0.717) is 11.5 Å². The van der Waals surface area contributed by atoms with Crippen molar-refractivity contribution in [1.29, 1.82) is 0 Å². The van der Waals surface area contributed by atoms with Crippen LogP contribution in [0.5, 0.6) is 0 Å². The van der Waals surface area contributed by atoms with E-state index in [9.17, 15) is 14.4 Å². The summed E-state index contributed by atoms with van der Waals surface area (Å²) in [5, 5.41) is 10.4. The van der Waals surface area contributed by atoms with Crippen LogP contribution in [0.3, 0.4) is 0 Å². The molecule has 2 amide bonds. The van der Waals surface area contributed by atoms with Crippen molar-refractivity contribution in [2.24, 2.45) is 11.3 Å². The van der Waals surface area contributed by atoms with Gasteiger partial charge in [0.05, 0.1) is 5.56 Å². The van der Waals surface area contributed by atoms with Crippen LogP contribution in [0.1, 0.15) is 67.3 Å². The lowest BCUT2D eigenvalue weighted by molar-refractivity contribution is -0.137. The number of hydrogen-bond donors (Lipinski definition) is 3. The molecule has 1 aliphatic rings. The third-order valence-electron chi connectivity index (χ3n) is 4.73. The summed E-state index contributed by atoms with van der Waals surface area (Å²) in [6, 6.07) is 0. The lowest BCUT2D eigenvalue weighted by Gasteiger charge is -2.34. The summed E-state index contributed by atoms with van der Waals surface area (Å²) < 4.78 is 0. The Morgan fingerprint density at radius 1 is 1.24 bits per heavy atom. The first-order valence-electron chi connectivity index (χ1n) is 8.58. The number of carboxylic acid groups (broad SMARTS) is 1. The van der Waals surface area contributed by atoms with Gasteiger partial charge in [0.1, 0.15) is 0 Å². The molecule has 138 valence electrons. The molecule has 3 N–H and O–H groups in total. The molecular formula is C18H26N2O4S. The number of nitrogens with one attached hydrogen (secondary N) is 2. The smallest absolute Gasteiger partial charge is 0.303 e. The zero-order chi connectivity index (χ0) is 18.6. The molecule has 1 heterocycles. The summed E-state index contributed by atoms with van der Waals surface area (Å²) in [5.74, 6) is -1.01. The molecule has 0 unspecified atom stereocenters. The Kier molecular flexibility index (Phi) is 6.21. The van der Waals surface area contributed by atoms with E-state index < -0.39 is 5.97 Å². The number of fused-ring (bicyclic) bond motifs is 1. The SMILES string of the molecule is CC(C)(C)[C@@H]1CCc2c(C(=O)NNC(=O)CCCC(=O)O)csc2C1. The van der Waals surface area contributed by atoms with Gasteiger partial charge in [0.25, 0.3) is 5.91 Å². The van der Waals surface area contributed by atoms with Gasteiger partial charge < -0.3 is 5.11 Å². The van der Waals surface area contributed by atoms with Gasteiger partial charge in [-0.25, -0.2) is 0 Å². The van der Waals surface area contributed by atoms with Gasteiger partial charge in [-0.2, -0.15) is 0 Å². The molecule has 0 bridgehead atoms. The number of carbonyl (C=O) groups excluding carboxylic acids is 2. The van der Waals surface area contributed by atoms with Gasteiger partial charge in [0, 0.05) is 23.1 Å². The number of carbonyl (C=O) groups is 3. The Morgan fingerprint density at radius 2 is 1.96 bits per heavy atom. The third-order valence-corrected chi connectivity index (χ3v) is 5.79. The summed E-state index contributed by atoms with van der Waals surface area (Å²) in [6.45, 7) is 6.76. The van der Waals surface area contributed by atoms with Gasteiger partial charge in [-0.05, 0) is 42.6 Å². The monoisotopic (exact) mass is 366 g/mol. The summed E-state index contributed by atoms with van der Waals surface area (Å²) in [7, 11) is 0. The molecule has 1 aliphatic carbocycles. The number of hydrazine groups is 1. The fraction of sp³-hybridized carbons (Fsp3) is 0.611. The molecule has 0 aliphatic heterocycles. The summed E-state index contributed by atoms with van der Waals surface area (Å²) in [4.78, 5) is 35.6. The molecule has 0 saturated heterocycles. The number of hydrogen-bond acceptors (Lipinski definition) is 4. The molecule has 0 radical (unpaired) electrons. The second-order valence-corrected chi connectivity index (χ2v) is 8.57. The zero-order valence-electron chi connectivity index (χ0n) is 15.0. The third kappa shape index (κ3) is 5.29. The number of thiophene rings is 1. The molecule has 0 spiro atoms. The molecule has 0 fully saturated rings. The van der Waals surface area contributed by atoms with Crippen LogP contribution in [0, 0.1) is 11.3 Å². The maximum atomic E-state index is 12.3. The molecule has 25 heavy (non-hydrogen) atoms. The number of carboxylic acids is 1. The number of amides is 2. The molecule has 0 saturated carbocycles. The minimum absolute atomic E-state index is 0.0612. The van der Waals surface area contributed by atoms with E-state index in [1.807, 2.05) is 5.38 Å². The summed E-state index contributed by atoms with van der Waals surface area (Å²) in [6.07, 6.45) is 3.21. The molecule has 1 aromatic rings. The highest BCUT2D eigenvalue weighted by Gasteiger charge is 2.31. The fourth-order valence-electron chi connectivity index (χ4n) is 3.10. The van der Waals surface area contributed by atoms with E-state index >= 15 is 0 Å². The second-order valence-electron chi connectivity index (χ2n) is 7.61. The van der Waals surface area contributed by atoms with Gasteiger partial charge in [-0.3, -0.25) is 25.2 Å². The summed E-state index contributed by atoms with van der Waals surface area (Å²) in [5.41, 5.74) is 6.79. The van der Waals surface area contributed by atoms with E-state index in [1.165, 1.54) is 4.88 Å². The van der Waals surface area contributed by atoms with Crippen LogP contribution in [0.4, 0.5) is 0 Å². The van der Waals surface area contributed by atoms with Gasteiger partial charge in [0.15, 0.2) is 0 Å². The minimum Gasteiger partial charge on any atom is -0.481 e. The quantitative estimate of drug-likeness (QED) is 0.698. The average molecular weight is 366 g/mol. The Balaban J connectivity index is 1.89. The van der Waals surface area contributed by atoms with E-state index in [0.717, 1.165) is 24.8 Å². The van der Waals surface area contributed by atoms with Crippen molar-refractivity contribution in [3.8, 4) is 0 Å². The van der Waals surface area contributed by atoms with Gasteiger partial charge in [-0.1, -0.05) is 20.8 Å². The molecule has 1 atom stereocenters. The van der Waals surface area contributed by atoms with Crippen LogP contribution < -0.4 is 10.9 Å². The van der Waals surface area contributed by atoms with E-state index in [4.69, 9.17) is 5.11 Å². The van der Waals surface area contributed by atoms with Crippen LogP contribution in [-0.2, 0) is 22.4 Å². The van der Waals surface area contributed by atoms with Crippen molar-refractivity contribution >= 4 is 29.1 Å². The van der Waals surface area contributed by atoms with Crippen LogP contribution in [-0.4, -0.2) is 22.9 Å². The normalized spacial score (nSPS) is 16.8. The van der Waals surface area contributed by atoms with Crippen molar-refractivity contribution in [2.45, 2.75) is 59.3 Å². The van der Waals surface area contributed by atoms with Crippen LogP contribution >= 0.6 is 11.3 Å². The lowest BCUT2D eigenvalue weighted by Crippen LogP contribution is -2.41. The van der Waals surface area contributed by atoms with Crippen molar-refractivity contribution in [2.75, 3.05) is 0 Å². The number of aliphatic carboxylic acids is 1. The minimum atomic E-state index is -0.935. The maximum Gasteiger partial charge on any atom is 0.303 e. The maximum absolute atomic E-state index is 12.3. The van der Waals surface area contributed by atoms with Crippen LogP contribution in [0.2, 0.25) is 0 Å². The Labute approximate surface area is 152 Å².